The van der Waals surface area contributed by atoms with Crippen LogP contribution in [0.25, 0.3) is 0 Å². The lowest BCUT2D eigenvalue weighted by Gasteiger charge is -2.25. The summed E-state index contributed by atoms with van der Waals surface area (Å²) in [6.45, 7) is 3.86. The molecule has 17 heavy (non-hydrogen) atoms. The predicted octanol–water partition coefficient (Wildman–Crippen LogP) is 3.88. The third-order valence-corrected chi connectivity index (χ3v) is 3.39. The van der Waals surface area contributed by atoms with Gasteiger partial charge >= 0.3 is 0 Å². The van der Waals surface area contributed by atoms with Gasteiger partial charge in [-0.15, -0.1) is 0 Å². The summed E-state index contributed by atoms with van der Waals surface area (Å²) in [6.07, 6.45) is 0.803. The van der Waals surface area contributed by atoms with Crippen LogP contribution < -0.4 is 5.32 Å². The zero-order valence-corrected chi connectivity index (χ0v) is 12.9. The molecular formula is C12H14Br2FNO. The highest BCUT2D eigenvalue weighted by Gasteiger charge is 2.20. The summed E-state index contributed by atoms with van der Waals surface area (Å²) in [6, 6.07) is 4.35. The number of alkyl halides is 1. The normalized spacial score (nSPS) is 11.4. The second kappa shape index (κ2) is 5.96. The van der Waals surface area contributed by atoms with Crippen LogP contribution in [-0.4, -0.2) is 16.8 Å². The molecule has 0 saturated heterocycles. The molecule has 94 valence electrons. The molecule has 0 aliphatic carbocycles. The molecule has 0 saturated carbocycles. The van der Waals surface area contributed by atoms with Crippen LogP contribution in [0.1, 0.15) is 30.6 Å². The molecule has 0 radical (unpaired) electrons. The van der Waals surface area contributed by atoms with Gasteiger partial charge in [0.2, 0.25) is 0 Å². The fourth-order valence-electron chi connectivity index (χ4n) is 1.32. The van der Waals surface area contributed by atoms with Crippen LogP contribution in [0.2, 0.25) is 0 Å². The second-order valence-corrected chi connectivity index (χ2v) is 6.05. The molecule has 0 spiro atoms. The Morgan fingerprint density at radius 3 is 2.65 bits per heavy atom. The van der Waals surface area contributed by atoms with E-state index in [9.17, 15) is 9.18 Å². The molecule has 1 N–H and O–H groups in total. The first-order chi connectivity index (χ1) is 7.85. The van der Waals surface area contributed by atoms with Crippen molar-refractivity contribution in [3.05, 3.63) is 34.1 Å². The van der Waals surface area contributed by atoms with E-state index in [1.54, 1.807) is 6.07 Å². The van der Waals surface area contributed by atoms with Crippen molar-refractivity contribution >= 4 is 37.8 Å². The van der Waals surface area contributed by atoms with Gasteiger partial charge in [-0.1, -0.05) is 15.9 Å². The van der Waals surface area contributed by atoms with Gasteiger partial charge < -0.3 is 5.32 Å². The van der Waals surface area contributed by atoms with Crippen molar-refractivity contribution in [1.82, 2.24) is 5.32 Å². The van der Waals surface area contributed by atoms with E-state index in [2.05, 4.69) is 37.2 Å². The molecule has 1 amide bonds. The van der Waals surface area contributed by atoms with Gasteiger partial charge in [-0.05, 0) is 54.4 Å². The molecule has 1 aromatic carbocycles. The Hall–Kier alpha value is -0.420. The summed E-state index contributed by atoms with van der Waals surface area (Å²) in [5.74, 6) is -0.696. The second-order valence-electron chi connectivity index (χ2n) is 4.41. The summed E-state index contributed by atoms with van der Waals surface area (Å²) in [5.41, 5.74) is 0.0118. The van der Waals surface area contributed by atoms with E-state index in [0.29, 0.717) is 10.0 Å². The fourth-order valence-corrected chi connectivity index (χ4v) is 2.55. The van der Waals surface area contributed by atoms with Gasteiger partial charge in [-0.3, -0.25) is 4.79 Å². The molecule has 0 unspecified atom stereocenters. The zero-order chi connectivity index (χ0) is 13.1. The standard InChI is InChI=1S/C12H14Br2FNO/c1-12(2,5-6-13)16-11(17)8-3-4-9(14)10(15)7-8/h3-4,7H,5-6H2,1-2H3,(H,16,17). The first-order valence-electron chi connectivity index (χ1n) is 5.19. The van der Waals surface area contributed by atoms with Crippen LogP contribution >= 0.6 is 31.9 Å². The maximum atomic E-state index is 13.3. The van der Waals surface area contributed by atoms with E-state index in [1.807, 2.05) is 13.8 Å². The molecule has 0 bridgehead atoms. The van der Waals surface area contributed by atoms with Crippen LogP contribution in [-0.2, 0) is 0 Å². The van der Waals surface area contributed by atoms with E-state index < -0.39 is 5.82 Å². The Labute approximate surface area is 117 Å². The average Bonchev–Trinajstić information content (AvgIpc) is 2.21. The molecule has 0 atom stereocenters. The first kappa shape index (κ1) is 14.6. The highest BCUT2D eigenvalue weighted by atomic mass is 79.9. The van der Waals surface area contributed by atoms with Gasteiger partial charge in [0.25, 0.3) is 5.91 Å². The number of rotatable bonds is 4. The lowest BCUT2D eigenvalue weighted by Crippen LogP contribution is -2.43. The minimum Gasteiger partial charge on any atom is -0.347 e. The van der Waals surface area contributed by atoms with Gasteiger partial charge in [-0.2, -0.15) is 0 Å². The molecule has 1 aromatic rings. The van der Waals surface area contributed by atoms with E-state index in [0.717, 1.165) is 11.8 Å². The minimum atomic E-state index is -0.434. The van der Waals surface area contributed by atoms with Crippen molar-refractivity contribution in [3.63, 3.8) is 0 Å². The quantitative estimate of drug-likeness (QED) is 0.805. The number of hydrogen-bond acceptors (Lipinski definition) is 1. The van der Waals surface area contributed by atoms with Crippen LogP contribution in [0.15, 0.2) is 22.7 Å². The number of amides is 1. The molecule has 1 rings (SSSR count). The van der Waals surface area contributed by atoms with Crippen LogP contribution in [0, 0.1) is 5.82 Å². The minimum absolute atomic E-state index is 0.262. The zero-order valence-electron chi connectivity index (χ0n) is 9.69. The van der Waals surface area contributed by atoms with Crippen LogP contribution in [0.5, 0.6) is 0 Å². The predicted molar refractivity (Wildman–Crippen MR) is 74.1 cm³/mol. The highest BCUT2D eigenvalue weighted by Crippen LogP contribution is 2.17. The van der Waals surface area contributed by atoms with Crippen molar-refractivity contribution in [3.8, 4) is 0 Å². The van der Waals surface area contributed by atoms with E-state index in [4.69, 9.17) is 0 Å². The third kappa shape index (κ3) is 4.39. The Morgan fingerprint density at radius 2 is 2.12 bits per heavy atom. The van der Waals surface area contributed by atoms with Gasteiger partial charge in [0.15, 0.2) is 0 Å². The maximum absolute atomic E-state index is 13.3. The summed E-state index contributed by atoms with van der Waals surface area (Å²) >= 11 is 6.39. The molecule has 0 aromatic heterocycles. The Balaban J connectivity index is 2.80. The van der Waals surface area contributed by atoms with Gasteiger partial charge in [0.1, 0.15) is 5.82 Å². The van der Waals surface area contributed by atoms with Crippen molar-refractivity contribution in [1.29, 1.82) is 0 Å². The Kier molecular flexibility index (Phi) is 5.13. The molecular weight excluding hydrogens is 353 g/mol. The average molecular weight is 367 g/mol. The summed E-state index contributed by atoms with van der Waals surface area (Å²) in [5, 5.41) is 3.67. The van der Waals surface area contributed by atoms with Crippen LogP contribution in [0.4, 0.5) is 4.39 Å². The van der Waals surface area contributed by atoms with E-state index in [-0.39, 0.29) is 11.4 Å². The fraction of sp³-hybridized carbons (Fsp3) is 0.417. The highest BCUT2D eigenvalue weighted by molar-refractivity contribution is 9.10. The van der Waals surface area contributed by atoms with Crippen LogP contribution in [0.3, 0.4) is 0 Å². The number of hydrogen-bond donors (Lipinski definition) is 1. The smallest absolute Gasteiger partial charge is 0.251 e. The van der Waals surface area contributed by atoms with Gasteiger partial charge in [0, 0.05) is 16.4 Å². The molecule has 0 aliphatic rings. The SMILES string of the molecule is CC(C)(CCBr)NC(=O)c1ccc(Br)c(F)c1. The number of carbonyl (C=O) groups is 1. The Morgan fingerprint density at radius 1 is 1.47 bits per heavy atom. The molecule has 5 heteroatoms. The molecule has 2 nitrogen and oxygen atoms in total. The summed E-state index contributed by atoms with van der Waals surface area (Å²) in [7, 11) is 0. The molecule has 0 fully saturated rings. The lowest BCUT2D eigenvalue weighted by molar-refractivity contribution is 0.0911. The Bertz CT molecular complexity index is 421. The lowest BCUT2D eigenvalue weighted by atomic mass is 10.0. The largest absolute Gasteiger partial charge is 0.347 e. The number of halogens is 3. The van der Waals surface area contributed by atoms with E-state index in [1.165, 1.54) is 12.1 Å². The monoisotopic (exact) mass is 365 g/mol. The third-order valence-electron chi connectivity index (χ3n) is 2.35. The molecule has 0 aliphatic heterocycles. The van der Waals surface area contributed by atoms with Gasteiger partial charge in [-0.25, -0.2) is 4.39 Å². The van der Waals surface area contributed by atoms with Crippen molar-refractivity contribution in [2.24, 2.45) is 0 Å². The number of carbonyl (C=O) groups excluding carboxylic acids is 1. The van der Waals surface area contributed by atoms with E-state index >= 15 is 0 Å². The summed E-state index contributed by atoms with van der Waals surface area (Å²) < 4.78 is 13.6. The number of benzene rings is 1. The van der Waals surface area contributed by atoms with Crippen molar-refractivity contribution in [2.45, 2.75) is 25.8 Å². The first-order valence-corrected chi connectivity index (χ1v) is 7.11. The number of nitrogens with one attached hydrogen (secondary N) is 1. The summed E-state index contributed by atoms with van der Waals surface area (Å²) in [4.78, 5) is 11.9. The topological polar surface area (TPSA) is 29.1 Å². The van der Waals surface area contributed by atoms with Gasteiger partial charge in [0.05, 0.1) is 4.47 Å². The van der Waals surface area contributed by atoms with Crippen molar-refractivity contribution in [2.75, 3.05) is 5.33 Å². The molecule has 0 heterocycles. The maximum Gasteiger partial charge on any atom is 0.251 e. The van der Waals surface area contributed by atoms with Crippen molar-refractivity contribution < 1.29 is 9.18 Å².